The maximum Gasteiger partial charge on any atom is 0.251 e. The monoisotopic (exact) mass is 1980 g/mol. The van der Waals surface area contributed by atoms with Gasteiger partial charge in [0.05, 0.1) is 23.9 Å². The van der Waals surface area contributed by atoms with Gasteiger partial charge in [-0.3, -0.25) is 33.6 Å². The molecule has 7 heterocycles. The van der Waals surface area contributed by atoms with Gasteiger partial charge in [-0.1, -0.05) is 371 Å². The fraction of sp³-hybridized carbons (Fsp3) is 0.625. The van der Waals surface area contributed by atoms with Gasteiger partial charge in [-0.25, -0.2) is 0 Å². The van der Waals surface area contributed by atoms with Crippen molar-refractivity contribution < 1.29 is 71.8 Å². The van der Waals surface area contributed by atoms with Crippen LogP contribution in [0.2, 0.25) is 0 Å². The number of unbranched alkanes of at least 4 members (excludes halogenated alkanes) is 29. The Morgan fingerprint density at radius 1 is 0.282 bits per heavy atom. The van der Waals surface area contributed by atoms with E-state index < -0.39 is 0 Å². The largest absolute Gasteiger partial charge is 0.494 e. The van der Waals surface area contributed by atoms with Crippen LogP contribution in [0, 0.1) is 41.4 Å². The molecule has 0 aliphatic carbocycles. The minimum Gasteiger partial charge on any atom is -0.494 e. The molecule has 0 aromatic heterocycles. The van der Waals surface area contributed by atoms with Gasteiger partial charge in [0.1, 0.15) is 107 Å². The van der Waals surface area contributed by atoms with Gasteiger partial charge >= 0.3 is 0 Å². The Morgan fingerprint density at radius 2 is 0.507 bits per heavy atom. The summed E-state index contributed by atoms with van der Waals surface area (Å²) in [5, 5.41) is 28.5. The van der Waals surface area contributed by atoms with Crippen molar-refractivity contribution in [2.24, 2.45) is 41.4 Å². The zero-order valence-corrected chi connectivity index (χ0v) is 89.5. The Bertz CT molecular complexity index is 3920. The second kappa shape index (κ2) is 80.3. The van der Waals surface area contributed by atoms with Crippen LogP contribution in [0.5, 0.6) is 0 Å². The van der Waals surface area contributed by atoms with Gasteiger partial charge in [-0.15, -0.1) is 39.5 Å². The zero-order chi connectivity index (χ0) is 105. The molecule has 22 heteroatoms. The SMILES string of the molecule is C.C=C1O[C@H](CCCCCCCC)C(C(=O)NCCO)C1=C.C=CCNC(=O)C1=C(C)C(=C)O[C@@H]1CCCCCCCC.C=CCNC(=O)C1C(=C)C(=C)O[C@@H]1CCCC.C=CCNC(=O)C1C(=C)C(=C)O[C@@H]1CCCCCC.C=CCNC(=O)C1C(=C)C(=C)O[C@@H]1CCCCCCCC.C=CCNC(=O)C1C(=C)C(=C)O[C@@H]1CCCCCCCC.C=CCNC(=O)C1[C@@H](CCCCCCCC)OC(=C)[C@@H]1C. The van der Waals surface area contributed by atoms with E-state index in [2.05, 4.69) is 204 Å². The Balaban J connectivity index is 0.00000163. The number of allylic oxidation sites excluding steroid dienone is 7. The van der Waals surface area contributed by atoms with Crippen LogP contribution in [-0.4, -0.2) is 142 Å². The summed E-state index contributed by atoms with van der Waals surface area (Å²) in [5.74, 6) is 2.32. The Morgan fingerprint density at radius 3 is 0.775 bits per heavy atom. The molecule has 7 aliphatic heterocycles. The number of carbonyl (C=O) groups excluding carboxylic acids is 7. The lowest BCUT2D eigenvalue weighted by Crippen LogP contribution is -2.37. The lowest BCUT2D eigenvalue weighted by molar-refractivity contribution is -0.128. The number of amides is 7. The van der Waals surface area contributed by atoms with Crippen molar-refractivity contribution in [3.8, 4) is 0 Å². The van der Waals surface area contributed by atoms with Crippen LogP contribution >= 0.6 is 0 Å². The van der Waals surface area contributed by atoms with Crippen molar-refractivity contribution in [1.82, 2.24) is 37.2 Å². The highest BCUT2D eigenvalue weighted by molar-refractivity contribution is 5.96. The highest BCUT2D eigenvalue weighted by Gasteiger charge is 2.46. The first-order valence-corrected chi connectivity index (χ1v) is 53.7. The Hall–Kier alpha value is -10.1. The third kappa shape index (κ3) is 49.9. The number of rotatable bonds is 64. The predicted molar refractivity (Wildman–Crippen MR) is 591 cm³/mol. The standard InChI is InChI=1S/C18H31NO2.3C18H29NO2.C17H29NO3.C16H25NO2.C14H21NO2.CH4/c4*1-5-7-8-9-10-11-12-16-17(14(3)15(4)21-16)18(20)19-13-6-2;1-4-5-6-7-8-9-10-15-16(13(2)14(3)21-15)17(20)18-11-12-19;1-5-7-8-9-10-14-15(12(3)13(4)19-14)16(18)17-11-6-2;1-5-7-8-12-13(10(3)11(4)17-12)14(16)15-9-6-2;/h6,14,16-17H,2,4-5,7-13H2,1,3H3,(H,19,20);6,16H,2,4-5,7-13H2,1,3H3,(H,19,20);2*6,16-17H,2-5,7-13H2,1H3,(H,19,20);15-16,19H,2-12H2,1H3,(H,18,20);6,14-15H,2-5,7-11H2,1H3,(H,17,18);6,12-13H,2-5,7-9H2,1H3,(H,15,16);1H4/t14-,16+,17?;16-;2*16-,17?;15-,16?;14-,15?;12-,13?;/m0111111./s1. The maximum absolute atomic E-state index is 12.3. The predicted octanol–water partition coefficient (Wildman–Crippen LogP) is 26.2. The maximum atomic E-state index is 12.3. The summed E-state index contributed by atoms with van der Waals surface area (Å²) in [6.45, 7) is 90.6. The minimum atomic E-state index is -0.361. The van der Waals surface area contributed by atoms with Crippen LogP contribution in [0.25, 0.3) is 0 Å². The number of ether oxygens (including phenoxy) is 7. The average Bonchev–Trinajstić information content (AvgIpc) is 1.72. The quantitative estimate of drug-likeness (QED) is 0.0207. The van der Waals surface area contributed by atoms with Crippen molar-refractivity contribution in [2.45, 2.75) is 389 Å². The van der Waals surface area contributed by atoms with Crippen molar-refractivity contribution in [3.05, 3.63) is 234 Å². The smallest absolute Gasteiger partial charge is 0.251 e. The third-order valence-electron chi connectivity index (χ3n) is 26.4. The second-order valence-electron chi connectivity index (χ2n) is 37.9. The fourth-order valence-corrected chi connectivity index (χ4v) is 17.9. The molecule has 6 saturated heterocycles. The summed E-state index contributed by atoms with van der Waals surface area (Å²) in [6.07, 6.45) is 59.4. The van der Waals surface area contributed by atoms with Crippen LogP contribution in [0.3, 0.4) is 0 Å². The number of aliphatic hydroxyl groups excluding tert-OH is 1. The molecular formula is C120H197N7O15. The number of nitrogens with one attached hydrogen (secondary N) is 7. The van der Waals surface area contributed by atoms with E-state index in [1.165, 1.54) is 180 Å². The molecular weight excluding hydrogens is 1780 g/mol. The molecule has 7 amide bonds. The van der Waals surface area contributed by atoms with E-state index in [0.29, 0.717) is 102 Å². The molecule has 0 bridgehead atoms. The van der Waals surface area contributed by atoms with Crippen molar-refractivity contribution >= 4 is 41.4 Å². The van der Waals surface area contributed by atoms with Crippen LogP contribution in [0.15, 0.2) is 234 Å². The molecule has 6 fully saturated rings. The van der Waals surface area contributed by atoms with Crippen LogP contribution < -0.4 is 37.2 Å². The van der Waals surface area contributed by atoms with E-state index in [0.717, 1.165) is 113 Å². The van der Waals surface area contributed by atoms with Gasteiger partial charge < -0.3 is 75.5 Å². The summed E-state index contributed by atoms with van der Waals surface area (Å²) in [4.78, 5) is 85.1. The molecule has 142 heavy (non-hydrogen) atoms. The topological polar surface area (TPSA) is 289 Å². The van der Waals surface area contributed by atoms with Crippen LogP contribution in [0.4, 0.5) is 0 Å². The molecule has 0 saturated carbocycles. The number of carbonyl (C=O) groups is 7. The van der Waals surface area contributed by atoms with Crippen LogP contribution in [-0.2, 0) is 66.7 Å². The van der Waals surface area contributed by atoms with Crippen molar-refractivity contribution in [2.75, 3.05) is 52.4 Å². The summed E-state index contributed by atoms with van der Waals surface area (Å²) in [6, 6.07) is 0. The first-order chi connectivity index (χ1) is 67.8. The summed E-state index contributed by atoms with van der Waals surface area (Å²) in [5.41, 5.74) is 5.14. The molecule has 22 nitrogen and oxygen atoms in total. The first kappa shape index (κ1) is 132. The fourth-order valence-electron chi connectivity index (χ4n) is 17.9. The van der Waals surface area contributed by atoms with E-state index in [-0.39, 0.29) is 146 Å². The molecule has 0 spiro atoms. The second-order valence-corrected chi connectivity index (χ2v) is 37.9. The Kier molecular flexibility index (Phi) is 74.6. The van der Waals surface area contributed by atoms with E-state index in [9.17, 15) is 33.6 Å². The van der Waals surface area contributed by atoms with Crippen molar-refractivity contribution in [1.29, 1.82) is 0 Å². The van der Waals surface area contributed by atoms with Gasteiger partial charge in [0.15, 0.2) is 0 Å². The summed E-state index contributed by atoms with van der Waals surface area (Å²) >= 11 is 0. The molecule has 0 aromatic rings. The molecule has 0 radical (unpaired) electrons. The molecule has 7 aliphatic rings. The zero-order valence-electron chi connectivity index (χ0n) is 89.5. The first-order valence-electron chi connectivity index (χ1n) is 53.7. The molecule has 0 aromatic carbocycles. The van der Waals surface area contributed by atoms with Crippen molar-refractivity contribution in [3.63, 3.8) is 0 Å². The number of aliphatic hydroxyl groups is 1. The summed E-state index contributed by atoms with van der Waals surface area (Å²) in [7, 11) is 0. The molecule has 8 N–H and O–H groups in total. The highest BCUT2D eigenvalue weighted by atomic mass is 16.5. The number of hydrogen-bond donors (Lipinski definition) is 8. The van der Waals surface area contributed by atoms with E-state index in [4.69, 9.17) is 38.3 Å². The van der Waals surface area contributed by atoms with Crippen LogP contribution in [0.1, 0.15) is 346 Å². The molecule has 7 rings (SSSR count). The molecule has 802 valence electrons. The van der Waals surface area contributed by atoms with E-state index >= 15 is 0 Å². The van der Waals surface area contributed by atoms with Gasteiger partial charge in [0, 0.05) is 85.2 Å². The van der Waals surface area contributed by atoms with E-state index in [1.807, 2.05) is 13.8 Å². The average molecular weight is 1980 g/mol. The molecule has 6 unspecified atom stereocenters. The van der Waals surface area contributed by atoms with Gasteiger partial charge in [0.2, 0.25) is 35.4 Å². The number of hydrogen-bond acceptors (Lipinski definition) is 15. The summed E-state index contributed by atoms with van der Waals surface area (Å²) < 4.78 is 40.1. The Labute approximate surface area is 862 Å². The van der Waals surface area contributed by atoms with Gasteiger partial charge in [-0.05, 0) is 90.4 Å². The van der Waals surface area contributed by atoms with Gasteiger partial charge in [-0.2, -0.15) is 0 Å². The minimum absolute atomic E-state index is 0. The normalized spacial score (nSPS) is 21.5. The third-order valence-corrected chi connectivity index (χ3v) is 26.4. The van der Waals surface area contributed by atoms with Gasteiger partial charge in [0.25, 0.3) is 5.91 Å². The highest BCUT2D eigenvalue weighted by Crippen LogP contribution is 2.43. The van der Waals surface area contributed by atoms with E-state index in [1.54, 1.807) is 36.5 Å². The molecule has 14 atom stereocenters. The lowest BCUT2D eigenvalue weighted by atomic mass is 9.87. The lowest BCUT2D eigenvalue weighted by Gasteiger charge is -2.19.